The average Bonchev–Trinajstić information content (AvgIpc) is 2.97. The molecule has 0 atom stereocenters. The van der Waals surface area contributed by atoms with E-state index in [0.29, 0.717) is 0 Å². The molecule has 38 heavy (non-hydrogen) atoms. The van der Waals surface area contributed by atoms with Crippen LogP contribution in [-0.4, -0.2) is 13.1 Å². The van der Waals surface area contributed by atoms with Crippen LogP contribution >= 0.6 is 0 Å². The van der Waals surface area contributed by atoms with E-state index in [1.807, 2.05) is 0 Å². The summed E-state index contributed by atoms with van der Waals surface area (Å²) < 4.78 is 2.30. The summed E-state index contributed by atoms with van der Waals surface area (Å²) >= 11 is 0. The lowest BCUT2D eigenvalue weighted by atomic mass is 10.0. The van der Waals surface area contributed by atoms with Gasteiger partial charge in [0, 0.05) is 36.5 Å². The summed E-state index contributed by atoms with van der Waals surface area (Å²) in [5, 5.41) is 1.27. The van der Waals surface area contributed by atoms with Gasteiger partial charge in [0.25, 0.3) is 0 Å². The number of nitrogens with zero attached hydrogens (tertiary/aromatic N) is 2. The van der Waals surface area contributed by atoms with Gasteiger partial charge in [0.2, 0.25) is 11.2 Å². The highest BCUT2D eigenvalue weighted by Crippen LogP contribution is 2.25. The largest absolute Gasteiger partial charge is 0.372 e. The molecule has 0 unspecified atom stereocenters. The standard InChI is InChI=1S/C36H45N2/c1-4-6-8-15-27-38(28-16-9-7-5-2)33-25-22-30(23-26-33)21-24-32-29-36(31-17-11-10-12-18-31)37(3)35-20-14-13-19-34(32)35/h10-14,17-26,29H,4-9,15-16,27-28H2,1-3H3/q+1. The minimum absolute atomic E-state index is 1.16. The molecule has 0 bridgehead atoms. The van der Waals surface area contributed by atoms with Crippen molar-refractivity contribution in [2.24, 2.45) is 7.05 Å². The maximum absolute atomic E-state index is 2.61. The Hall–Kier alpha value is -3.39. The third kappa shape index (κ3) is 7.34. The summed E-state index contributed by atoms with van der Waals surface area (Å²) in [4.78, 5) is 2.61. The van der Waals surface area contributed by atoms with E-state index in [-0.39, 0.29) is 0 Å². The highest BCUT2D eigenvalue weighted by Gasteiger charge is 2.16. The average molecular weight is 506 g/mol. The van der Waals surface area contributed by atoms with Gasteiger partial charge in [-0.1, -0.05) is 107 Å². The van der Waals surface area contributed by atoms with Crippen molar-refractivity contribution in [2.75, 3.05) is 18.0 Å². The Bertz CT molecular complexity index is 1280. The van der Waals surface area contributed by atoms with Crippen molar-refractivity contribution < 1.29 is 4.57 Å². The first-order valence-corrected chi connectivity index (χ1v) is 14.7. The highest BCUT2D eigenvalue weighted by atomic mass is 15.1. The smallest absolute Gasteiger partial charge is 0.213 e. The molecule has 0 aliphatic heterocycles. The van der Waals surface area contributed by atoms with E-state index in [4.69, 9.17) is 0 Å². The van der Waals surface area contributed by atoms with Crippen LogP contribution in [0.1, 0.15) is 76.3 Å². The third-order valence-electron chi connectivity index (χ3n) is 7.58. The van der Waals surface area contributed by atoms with Gasteiger partial charge in [-0.2, -0.15) is 4.57 Å². The van der Waals surface area contributed by atoms with Gasteiger partial charge in [0.05, 0.1) is 5.39 Å². The molecular weight excluding hydrogens is 460 g/mol. The Morgan fingerprint density at radius 2 is 1.29 bits per heavy atom. The van der Waals surface area contributed by atoms with Crippen molar-refractivity contribution in [3.05, 3.63) is 96.1 Å². The van der Waals surface area contributed by atoms with Crippen LogP contribution in [-0.2, 0) is 7.05 Å². The van der Waals surface area contributed by atoms with E-state index < -0.39 is 0 Å². The Morgan fingerprint density at radius 3 is 1.95 bits per heavy atom. The second-order valence-corrected chi connectivity index (χ2v) is 10.5. The molecular formula is C36H45N2+. The Kier molecular flexibility index (Phi) is 10.6. The van der Waals surface area contributed by atoms with E-state index in [2.05, 4.69) is 127 Å². The van der Waals surface area contributed by atoms with E-state index >= 15 is 0 Å². The van der Waals surface area contributed by atoms with Crippen molar-refractivity contribution in [3.8, 4) is 11.3 Å². The monoisotopic (exact) mass is 505 g/mol. The number of rotatable bonds is 14. The Balaban J connectivity index is 1.55. The number of unbranched alkanes of at least 4 members (excludes halogenated alkanes) is 6. The van der Waals surface area contributed by atoms with Crippen molar-refractivity contribution >= 4 is 28.7 Å². The number of pyridine rings is 1. The van der Waals surface area contributed by atoms with E-state index in [1.54, 1.807) is 0 Å². The molecule has 1 aromatic heterocycles. The van der Waals surface area contributed by atoms with Gasteiger partial charge >= 0.3 is 0 Å². The molecule has 0 N–H and O–H groups in total. The molecule has 0 saturated heterocycles. The summed E-state index contributed by atoms with van der Waals surface area (Å²) in [7, 11) is 2.16. The predicted molar refractivity (Wildman–Crippen MR) is 166 cm³/mol. The minimum atomic E-state index is 1.16. The molecule has 2 nitrogen and oxygen atoms in total. The lowest BCUT2D eigenvalue weighted by molar-refractivity contribution is -0.633. The number of benzene rings is 3. The number of hydrogen-bond donors (Lipinski definition) is 0. The molecule has 0 fully saturated rings. The molecule has 3 aromatic carbocycles. The summed E-state index contributed by atoms with van der Waals surface area (Å²) in [6.07, 6.45) is 15.0. The quantitative estimate of drug-likeness (QED) is 0.122. The van der Waals surface area contributed by atoms with Crippen LogP contribution < -0.4 is 9.47 Å². The minimum Gasteiger partial charge on any atom is -0.372 e. The molecule has 0 amide bonds. The molecule has 2 heteroatoms. The van der Waals surface area contributed by atoms with Crippen LogP contribution in [0.5, 0.6) is 0 Å². The Morgan fingerprint density at radius 1 is 0.658 bits per heavy atom. The molecule has 0 aliphatic carbocycles. The number of para-hydroxylation sites is 1. The fourth-order valence-electron chi connectivity index (χ4n) is 5.30. The maximum atomic E-state index is 2.61. The van der Waals surface area contributed by atoms with Gasteiger partial charge in [0.15, 0.2) is 0 Å². The number of aromatic nitrogens is 1. The van der Waals surface area contributed by atoms with E-state index in [0.717, 1.165) is 13.1 Å². The zero-order chi connectivity index (χ0) is 26.6. The summed E-state index contributed by atoms with van der Waals surface area (Å²) in [6.45, 7) is 6.90. The molecule has 198 valence electrons. The van der Waals surface area contributed by atoms with Gasteiger partial charge in [-0.25, -0.2) is 0 Å². The van der Waals surface area contributed by atoms with Crippen molar-refractivity contribution in [1.29, 1.82) is 0 Å². The lowest BCUT2D eigenvalue weighted by Crippen LogP contribution is -2.32. The maximum Gasteiger partial charge on any atom is 0.213 e. The first-order chi connectivity index (χ1) is 18.7. The zero-order valence-electron chi connectivity index (χ0n) is 23.7. The van der Waals surface area contributed by atoms with Crippen LogP contribution in [0.15, 0.2) is 84.9 Å². The topological polar surface area (TPSA) is 7.12 Å². The van der Waals surface area contributed by atoms with Crippen molar-refractivity contribution in [2.45, 2.75) is 65.2 Å². The molecule has 0 saturated carbocycles. The Labute approximate surface area is 230 Å². The SMILES string of the molecule is CCCCCCN(CCCCCC)c1ccc(C=Cc2cc(-c3ccccc3)[n+](C)c3ccccc23)cc1. The van der Waals surface area contributed by atoms with Crippen LogP contribution in [0.2, 0.25) is 0 Å². The molecule has 4 aromatic rings. The number of hydrogen-bond acceptors (Lipinski definition) is 1. The molecule has 4 rings (SSSR count). The number of aryl methyl sites for hydroxylation is 1. The lowest BCUT2D eigenvalue weighted by Gasteiger charge is -2.25. The molecule has 0 radical (unpaired) electrons. The third-order valence-corrected chi connectivity index (χ3v) is 7.58. The normalized spacial score (nSPS) is 11.4. The van der Waals surface area contributed by atoms with Crippen LogP contribution in [0.3, 0.4) is 0 Å². The fourth-order valence-corrected chi connectivity index (χ4v) is 5.30. The van der Waals surface area contributed by atoms with Gasteiger partial charge in [-0.3, -0.25) is 0 Å². The van der Waals surface area contributed by atoms with Gasteiger partial charge in [-0.05, 0) is 54.3 Å². The van der Waals surface area contributed by atoms with Gasteiger partial charge in [0.1, 0.15) is 7.05 Å². The van der Waals surface area contributed by atoms with E-state index in [9.17, 15) is 0 Å². The predicted octanol–water partition coefficient (Wildman–Crippen LogP) is 9.47. The second kappa shape index (κ2) is 14.5. The second-order valence-electron chi connectivity index (χ2n) is 10.5. The summed E-state index contributed by atoms with van der Waals surface area (Å²) in [6, 6.07) is 30.9. The molecule has 0 spiro atoms. The van der Waals surface area contributed by atoms with E-state index in [1.165, 1.54) is 90.3 Å². The van der Waals surface area contributed by atoms with Gasteiger partial charge < -0.3 is 4.90 Å². The van der Waals surface area contributed by atoms with Crippen LogP contribution in [0.25, 0.3) is 34.3 Å². The van der Waals surface area contributed by atoms with Crippen LogP contribution in [0, 0.1) is 0 Å². The first kappa shape index (κ1) is 27.6. The molecule has 0 aliphatic rings. The summed E-state index contributed by atoms with van der Waals surface area (Å²) in [5.74, 6) is 0. The van der Waals surface area contributed by atoms with Gasteiger partial charge in [-0.15, -0.1) is 0 Å². The zero-order valence-corrected chi connectivity index (χ0v) is 23.7. The highest BCUT2D eigenvalue weighted by molar-refractivity contribution is 5.90. The summed E-state index contributed by atoms with van der Waals surface area (Å²) in [5.41, 5.74) is 7.54. The first-order valence-electron chi connectivity index (χ1n) is 14.7. The fraction of sp³-hybridized carbons (Fsp3) is 0.361. The van der Waals surface area contributed by atoms with Crippen molar-refractivity contribution in [3.63, 3.8) is 0 Å². The molecule has 1 heterocycles. The van der Waals surface area contributed by atoms with Crippen LogP contribution in [0.4, 0.5) is 5.69 Å². The van der Waals surface area contributed by atoms with Crippen molar-refractivity contribution in [1.82, 2.24) is 0 Å². The number of anilines is 1. The number of fused-ring (bicyclic) bond motifs is 1.